The number of anilines is 1. The van der Waals surface area contributed by atoms with Gasteiger partial charge in [0.1, 0.15) is 0 Å². The molecule has 2 rings (SSSR count). The van der Waals surface area contributed by atoms with E-state index in [-0.39, 0.29) is 5.91 Å². The van der Waals surface area contributed by atoms with Crippen molar-refractivity contribution in [3.63, 3.8) is 0 Å². The van der Waals surface area contributed by atoms with Gasteiger partial charge in [0, 0.05) is 29.6 Å². The first-order chi connectivity index (χ1) is 9.49. The van der Waals surface area contributed by atoms with Gasteiger partial charge < -0.3 is 10.6 Å². The molecule has 0 saturated carbocycles. The lowest BCUT2D eigenvalue weighted by Crippen LogP contribution is -2.22. The van der Waals surface area contributed by atoms with Gasteiger partial charge in [-0.1, -0.05) is 35.5 Å². The molecule has 0 saturated heterocycles. The molecule has 0 spiro atoms. The summed E-state index contributed by atoms with van der Waals surface area (Å²) in [6.07, 6.45) is 0. The summed E-state index contributed by atoms with van der Waals surface area (Å²) >= 11 is 7.60. The van der Waals surface area contributed by atoms with Crippen LogP contribution in [-0.2, 0) is 0 Å². The van der Waals surface area contributed by atoms with Crippen LogP contribution in [0.5, 0.6) is 0 Å². The fourth-order valence-corrected chi connectivity index (χ4v) is 2.95. The summed E-state index contributed by atoms with van der Waals surface area (Å²) in [6, 6.07) is 12.8. The fraction of sp³-hybridized carbons (Fsp3) is 0.133. The van der Waals surface area contributed by atoms with Crippen molar-refractivity contribution in [2.24, 2.45) is 0 Å². The molecule has 2 N–H and O–H groups in total. The van der Waals surface area contributed by atoms with E-state index in [0.29, 0.717) is 16.3 Å². The first kappa shape index (κ1) is 14.8. The summed E-state index contributed by atoms with van der Waals surface area (Å²) in [7, 11) is 3.45. The molecule has 0 radical (unpaired) electrons. The minimum Gasteiger partial charge on any atom is -0.399 e. The number of hydrogen-bond donors (Lipinski definition) is 1. The van der Waals surface area contributed by atoms with Crippen LogP contribution >= 0.6 is 23.4 Å². The van der Waals surface area contributed by atoms with Crippen molar-refractivity contribution in [1.29, 1.82) is 0 Å². The zero-order valence-corrected chi connectivity index (χ0v) is 12.8. The van der Waals surface area contributed by atoms with Gasteiger partial charge in [-0.25, -0.2) is 0 Å². The van der Waals surface area contributed by atoms with Crippen LogP contribution in [0.3, 0.4) is 0 Å². The number of amides is 1. The summed E-state index contributed by atoms with van der Waals surface area (Å²) in [5, 5.41) is 0.656. The van der Waals surface area contributed by atoms with E-state index < -0.39 is 0 Å². The number of carbonyl (C=O) groups excluding carboxylic acids is 1. The minimum atomic E-state index is -0.0560. The summed E-state index contributed by atoms with van der Waals surface area (Å²) in [5.41, 5.74) is 7.06. The molecule has 104 valence electrons. The second-order valence-electron chi connectivity index (χ2n) is 4.49. The molecule has 0 aliphatic carbocycles. The number of nitrogens with two attached hydrogens (primary N) is 1. The van der Waals surface area contributed by atoms with Gasteiger partial charge in [-0.15, -0.1) is 0 Å². The smallest absolute Gasteiger partial charge is 0.254 e. The van der Waals surface area contributed by atoms with Crippen molar-refractivity contribution >= 4 is 35.0 Å². The third-order valence-electron chi connectivity index (χ3n) is 2.70. The number of carbonyl (C=O) groups is 1. The molecular weight excluding hydrogens is 292 g/mol. The number of rotatable bonds is 3. The molecule has 0 aliphatic heterocycles. The Morgan fingerprint density at radius 1 is 1.15 bits per heavy atom. The molecular formula is C15H15ClN2OS. The van der Waals surface area contributed by atoms with Crippen molar-refractivity contribution in [2.75, 3.05) is 19.8 Å². The zero-order chi connectivity index (χ0) is 14.7. The predicted molar refractivity (Wildman–Crippen MR) is 84.4 cm³/mol. The third kappa shape index (κ3) is 3.26. The average molecular weight is 307 g/mol. The van der Waals surface area contributed by atoms with Crippen molar-refractivity contribution in [1.82, 2.24) is 4.90 Å². The first-order valence-electron chi connectivity index (χ1n) is 6.02. The van der Waals surface area contributed by atoms with Crippen molar-refractivity contribution in [3.8, 4) is 0 Å². The fourth-order valence-electron chi connectivity index (χ4n) is 1.69. The van der Waals surface area contributed by atoms with Crippen molar-refractivity contribution in [3.05, 3.63) is 53.1 Å². The van der Waals surface area contributed by atoms with E-state index in [1.165, 1.54) is 11.8 Å². The van der Waals surface area contributed by atoms with Crippen LogP contribution in [0.4, 0.5) is 5.69 Å². The average Bonchev–Trinajstić information content (AvgIpc) is 2.41. The molecule has 0 fully saturated rings. The van der Waals surface area contributed by atoms with Gasteiger partial charge in [-0.2, -0.15) is 0 Å². The van der Waals surface area contributed by atoms with Crippen LogP contribution in [0.15, 0.2) is 52.3 Å². The molecule has 0 bridgehead atoms. The summed E-state index contributed by atoms with van der Waals surface area (Å²) in [5.74, 6) is -0.0560. The number of nitrogens with zero attached hydrogens (tertiary/aromatic N) is 1. The Morgan fingerprint density at radius 3 is 2.50 bits per heavy atom. The molecule has 0 aliphatic rings. The van der Waals surface area contributed by atoms with Crippen molar-refractivity contribution < 1.29 is 4.79 Å². The Balaban J connectivity index is 2.43. The van der Waals surface area contributed by atoms with Gasteiger partial charge in [0.25, 0.3) is 5.91 Å². The van der Waals surface area contributed by atoms with Gasteiger partial charge in [0.2, 0.25) is 0 Å². The molecule has 0 heterocycles. The van der Waals surface area contributed by atoms with E-state index >= 15 is 0 Å². The molecule has 0 atom stereocenters. The maximum absolute atomic E-state index is 12.2. The van der Waals surface area contributed by atoms with Gasteiger partial charge in [0.15, 0.2) is 0 Å². The molecule has 3 nitrogen and oxygen atoms in total. The summed E-state index contributed by atoms with van der Waals surface area (Å²) in [4.78, 5) is 15.4. The Bertz CT molecular complexity index is 644. The van der Waals surface area contributed by atoms with E-state index in [1.807, 2.05) is 24.3 Å². The van der Waals surface area contributed by atoms with Gasteiger partial charge in [-0.05, 0) is 30.3 Å². The van der Waals surface area contributed by atoms with Crippen LogP contribution in [0, 0.1) is 0 Å². The number of nitrogen functional groups attached to an aromatic ring is 1. The predicted octanol–water partition coefficient (Wildman–Crippen LogP) is 3.78. The normalized spacial score (nSPS) is 10.3. The molecule has 1 amide bonds. The Hall–Kier alpha value is -1.65. The van der Waals surface area contributed by atoms with E-state index in [4.69, 9.17) is 17.3 Å². The highest BCUT2D eigenvalue weighted by atomic mass is 35.5. The van der Waals surface area contributed by atoms with E-state index in [9.17, 15) is 4.79 Å². The lowest BCUT2D eigenvalue weighted by atomic mass is 10.2. The lowest BCUT2D eigenvalue weighted by Gasteiger charge is -2.14. The van der Waals surface area contributed by atoms with Gasteiger partial charge >= 0.3 is 0 Å². The van der Waals surface area contributed by atoms with E-state index in [0.717, 1.165) is 9.79 Å². The van der Waals surface area contributed by atoms with Crippen LogP contribution in [0.2, 0.25) is 5.02 Å². The number of benzene rings is 2. The van der Waals surface area contributed by atoms with Gasteiger partial charge in [0.05, 0.1) is 10.6 Å². The molecule has 0 aromatic heterocycles. The standard InChI is InChI=1S/C15H15ClN2OS/c1-18(2)15(19)11-8-7-10(17)9-14(11)20-13-6-4-3-5-12(13)16/h3-9H,17H2,1-2H3. The highest BCUT2D eigenvalue weighted by molar-refractivity contribution is 7.99. The summed E-state index contributed by atoms with van der Waals surface area (Å²) in [6.45, 7) is 0. The monoisotopic (exact) mass is 306 g/mol. The molecule has 0 unspecified atom stereocenters. The SMILES string of the molecule is CN(C)C(=O)c1ccc(N)cc1Sc1ccccc1Cl. The Kier molecular flexibility index (Phi) is 4.57. The minimum absolute atomic E-state index is 0.0560. The Morgan fingerprint density at radius 2 is 1.85 bits per heavy atom. The topological polar surface area (TPSA) is 46.3 Å². The van der Waals surface area contributed by atoms with Crippen LogP contribution in [-0.4, -0.2) is 24.9 Å². The number of hydrogen-bond acceptors (Lipinski definition) is 3. The van der Waals surface area contributed by atoms with E-state index in [1.54, 1.807) is 37.2 Å². The molecule has 5 heteroatoms. The zero-order valence-electron chi connectivity index (χ0n) is 11.3. The highest BCUT2D eigenvalue weighted by Crippen LogP contribution is 2.36. The number of halogens is 1. The molecule has 2 aromatic rings. The first-order valence-corrected chi connectivity index (χ1v) is 7.22. The second kappa shape index (κ2) is 6.20. The van der Waals surface area contributed by atoms with Crippen LogP contribution in [0.25, 0.3) is 0 Å². The van der Waals surface area contributed by atoms with Crippen molar-refractivity contribution in [2.45, 2.75) is 9.79 Å². The van der Waals surface area contributed by atoms with Crippen LogP contribution < -0.4 is 5.73 Å². The lowest BCUT2D eigenvalue weighted by molar-refractivity contribution is 0.0824. The Labute approximate surface area is 127 Å². The second-order valence-corrected chi connectivity index (χ2v) is 5.98. The van der Waals surface area contributed by atoms with E-state index in [2.05, 4.69) is 0 Å². The quantitative estimate of drug-likeness (QED) is 0.878. The van der Waals surface area contributed by atoms with Crippen LogP contribution in [0.1, 0.15) is 10.4 Å². The maximum Gasteiger partial charge on any atom is 0.254 e. The summed E-state index contributed by atoms with van der Waals surface area (Å²) < 4.78 is 0. The molecule has 2 aromatic carbocycles. The largest absolute Gasteiger partial charge is 0.399 e. The van der Waals surface area contributed by atoms with Gasteiger partial charge in [-0.3, -0.25) is 4.79 Å². The maximum atomic E-state index is 12.2. The highest BCUT2D eigenvalue weighted by Gasteiger charge is 2.15. The molecule has 20 heavy (non-hydrogen) atoms. The third-order valence-corrected chi connectivity index (χ3v) is 4.27.